The van der Waals surface area contributed by atoms with Crippen LogP contribution in [0.15, 0.2) is 18.2 Å². The van der Waals surface area contributed by atoms with Crippen molar-refractivity contribution in [1.82, 2.24) is 5.28 Å². The lowest BCUT2D eigenvalue weighted by Crippen LogP contribution is -2.33. The topological polar surface area (TPSA) is 61.5 Å². The zero-order chi connectivity index (χ0) is 14.1. The number of benzene rings is 1. The quantitative estimate of drug-likeness (QED) is 0.441. The first-order valence-corrected chi connectivity index (χ1v) is 4.30. The summed E-state index contributed by atoms with van der Waals surface area (Å²) >= 11 is 0. The van der Waals surface area contributed by atoms with E-state index in [1.165, 1.54) is 0 Å². The van der Waals surface area contributed by atoms with Crippen molar-refractivity contribution in [2.75, 3.05) is 5.43 Å². The number of anilines is 1. The Morgan fingerprint density at radius 2 is 1.33 bits per heavy atom. The van der Waals surface area contributed by atoms with Gasteiger partial charge in [0.2, 0.25) is 0 Å². The molecule has 1 aromatic carbocycles. The first kappa shape index (κ1) is 14.5. The van der Waals surface area contributed by atoms with Gasteiger partial charge < -0.3 is 0 Å². The standard InChI is InChI=1S/C8H7F6N3O/c9-7(10,11)4-1-5(8(12,13)14)3-6(2-4)16-17(15)18/h1-3,16,18H,15H2. The van der Waals surface area contributed by atoms with Crippen LogP contribution in [0.4, 0.5) is 32.0 Å². The molecule has 10 heteroatoms. The second-order valence-electron chi connectivity index (χ2n) is 3.25. The number of nitrogens with two attached hydrogens (primary N) is 1. The lowest BCUT2D eigenvalue weighted by atomic mass is 10.1. The van der Waals surface area contributed by atoms with Gasteiger partial charge in [0.15, 0.2) is 0 Å². The van der Waals surface area contributed by atoms with Crippen LogP contribution in [0.5, 0.6) is 0 Å². The highest BCUT2D eigenvalue weighted by Crippen LogP contribution is 2.37. The highest BCUT2D eigenvalue weighted by molar-refractivity contribution is 5.49. The maximum atomic E-state index is 12.4. The Bertz CT molecular complexity index is 396. The van der Waals surface area contributed by atoms with Gasteiger partial charge in [-0.25, -0.2) is 5.84 Å². The van der Waals surface area contributed by atoms with Gasteiger partial charge in [0.1, 0.15) is 0 Å². The molecule has 0 radical (unpaired) electrons. The molecule has 0 bridgehead atoms. The minimum Gasteiger partial charge on any atom is -0.282 e. The molecule has 0 atom stereocenters. The third-order valence-electron chi connectivity index (χ3n) is 1.83. The molecule has 0 unspecified atom stereocenters. The van der Waals surface area contributed by atoms with Gasteiger partial charge in [-0.05, 0) is 23.5 Å². The van der Waals surface area contributed by atoms with Crippen LogP contribution in [0.3, 0.4) is 0 Å². The Kier molecular flexibility index (Phi) is 3.74. The van der Waals surface area contributed by atoms with Gasteiger partial charge in [-0.2, -0.15) is 26.3 Å². The number of halogens is 6. The van der Waals surface area contributed by atoms with E-state index in [0.717, 1.165) is 0 Å². The molecule has 0 aromatic heterocycles. The summed E-state index contributed by atoms with van der Waals surface area (Å²) in [6, 6.07) is 0.722. The third kappa shape index (κ3) is 3.75. The lowest BCUT2D eigenvalue weighted by molar-refractivity contribution is -0.143. The number of hydrogen-bond acceptors (Lipinski definition) is 4. The van der Waals surface area contributed by atoms with Gasteiger partial charge in [-0.1, -0.05) is 0 Å². The van der Waals surface area contributed by atoms with Crippen LogP contribution in [0.25, 0.3) is 0 Å². The zero-order valence-electron chi connectivity index (χ0n) is 8.47. The summed E-state index contributed by atoms with van der Waals surface area (Å²) in [5, 5.41) is 8.28. The molecular formula is C8H7F6N3O. The second kappa shape index (κ2) is 4.63. The normalized spacial score (nSPS) is 12.9. The number of rotatable bonds is 2. The van der Waals surface area contributed by atoms with Crippen LogP contribution in [0.2, 0.25) is 0 Å². The van der Waals surface area contributed by atoms with Gasteiger partial charge in [0, 0.05) is 0 Å². The van der Waals surface area contributed by atoms with Crippen LogP contribution in [0.1, 0.15) is 11.1 Å². The third-order valence-corrected chi connectivity index (χ3v) is 1.83. The van der Waals surface area contributed by atoms with Crippen molar-refractivity contribution in [3.8, 4) is 0 Å². The van der Waals surface area contributed by atoms with Crippen LogP contribution in [-0.2, 0) is 12.4 Å². The number of hydrazine groups is 2. The van der Waals surface area contributed by atoms with Crippen molar-refractivity contribution in [3.05, 3.63) is 29.3 Å². The Labute approximate surface area is 96.5 Å². The molecule has 0 aliphatic carbocycles. The maximum Gasteiger partial charge on any atom is 0.416 e. The Balaban J connectivity index is 3.29. The Hall–Kier alpha value is -1.52. The van der Waals surface area contributed by atoms with E-state index in [4.69, 9.17) is 5.21 Å². The predicted octanol–water partition coefficient (Wildman–Crippen LogP) is 2.62. The summed E-state index contributed by atoms with van der Waals surface area (Å²) in [6.07, 6.45) is -9.90. The molecule has 4 nitrogen and oxygen atoms in total. The van der Waals surface area contributed by atoms with Crippen LogP contribution < -0.4 is 11.3 Å². The van der Waals surface area contributed by atoms with E-state index in [-0.39, 0.29) is 11.3 Å². The van der Waals surface area contributed by atoms with Crippen molar-refractivity contribution in [3.63, 3.8) is 0 Å². The van der Waals surface area contributed by atoms with Crippen LogP contribution in [-0.4, -0.2) is 10.5 Å². The van der Waals surface area contributed by atoms with E-state index in [1.807, 2.05) is 0 Å². The number of alkyl halides is 6. The van der Waals surface area contributed by atoms with Crippen molar-refractivity contribution in [1.29, 1.82) is 0 Å². The molecule has 0 spiro atoms. The molecule has 4 N–H and O–H groups in total. The molecule has 0 aliphatic heterocycles. The van der Waals surface area contributed by atoms with E-state index in [1.54, 1.807) is 5.43 Å². The second-order valence-corrected chi connectivity index (χ2v) is 3.25. The zero-order valence-corrected chi connectivity index (χ0v) is 8.47. The number of hydrogen-bond donors (Lipinski definition) is 3. The molecule has 0 fully saturated rings. The summed E-state index contributed by atoms with van der Waals surface area (Å²) in [7, 11) is 0. The average molecular weight is 275 g/mol. The first-order chi connectivity index (χ1) is 8.00. The van der Waals surface area contributed by atoms with E-state index >= 15 is 0 Å². The van der Waals surface area contributed by atoms with Gasteiger partial charge >= 0.3 is 12.4 Å². The van der Waals surface area contributed by atoms with Gasteiger partial charge in [-0.3, -0.25) is 10.6 Å². The fourth-order valence-electron chi connectivity index (χ4n) is 1.15. The van der Waals surface area contributed by atoms with Gasteiger partial charge in [-0.15, -0.1) is 0 Å². The lowest BCUT2D eigenvalue weighted by Gasteiger charge is -2.16. The van der Waals surface area contributed by atoms with Crippen molar-refractivity contribution < 1.29 is 31.5 Å². The fourth-order valence-corrected chi connectivity index (χ4v) is 1.15. The minimum absolute atomic E-state index is 0.0383. The monoisotopic (exact) mass is 275 g/mol. The predicted molar refractivity (Wildman–Crippen MR) is 47.9 cm³/mol. The Morgan fingerprint density at radius 1 is 0.944 bits per heavy atom. The maximum absolute atomic E-state index is 12.4. The largest absolute Gasteiger partial charge is 0.416 e. The highest BCUT2D eigenvalue weighted by atomic mass is 19.4. The van der Waals surface area contributed by atoms with E-state index in [9.17, 15) is 26.3 Å². The van der Waals surface area contributed by atoms with E-state index < -0.39 is 29.2 Å². The number of nitrogens with zero attached hydrogens (tertiary/aromatic N) is 1. The SMILES string of the molecule is NN(O)Nc1cc(C(F)(F)F)cc(C(F)(F)F)c1. The van der Waals surface area contributed by atoms with E-state index in [2.05, 4.69) is 5.84 Å². The average Bonchev–Trinajstić information content (AvgIpc) is 2.13. The molecule has 1 aromatic rings. The number of nitrogens with one attached hydrogen (secondary N) is 1. The first-order valence-electron chi connectivity index (χ1n) is 4.30. The van der Waals surface area contributed by atoms with Crippen LogP contribution in [0, 0.1) is 0 Å². The Morgan fingerprint density at radius 3 is 1.61 bits per heavy atom. The van der Waals surface area contributed by atoms with Crippen molar-refractivity contribution in [2.24, 2.45) is 5.84 Å². The molecule has 0 saturated carbocycles. The molecule has 0 aliphatic rings. The summed E-state index contributed by atoms with van der Waals surface area (Å²) in [4.78, 5) is 0. The molecule has 18 heavy (non-hydrogen) atoms. The molecule has 0 saturated heterocycles. The summed E-state index contributed by atoms with van der Waals surface area (Å²) in [6.45, 7) is 0. The highest BCUT2D eigenvalue weighted by Gasteiger charge is 2.36. The van der Waals surface area contributed by atoms with Crippen molar-refractivity contribution >= 4 is 5.69 Å². The van der Waals surface area contributed by atoms with Crippen molar-refractivity contribution in [2.45, 2.75) is 12.4 Å². The smallest absolute Gasteiger partial charge is 0.282 e. The van der Waals surface area contributed by atoms with Gasteiger partial charge in [0.25, 0.3) is 0 Å². The van der Waals surface area contributed by atoms with E-state index in [0.29, 0.717) is 12.1 Å². The minimum atomic E-state index is -4.95. The fraction of sp³-hybridized carbons (Fsp3) is 0.250. The molecule has 0 amide bonds. The summed E-state index contributed by atoms with van der Waals surface area (Å²) < 4.78 is 74.2. The molecule has 0 heterocycles. The summed E-state index contributed by atoms with van der Waals surface area (Å²) in [5.74, 6) is 4.66. The summed E-state index contributed by atoms with van der Waals surface area (Å²) in [5.41, 5.74) is -1.98. The van der Waals surface area contributed by atoms with Crippen LogP contribution >= 0.6 is 0 Å². The molecule has 1 rings (SSSR count). The molecular weight excluding hydrogens is 268 g/mol. The van der Waals surface area contributed by atoms with Gasteiger partial charge in [0.05, 0.1) is 16.8 Å². The molecule has 102 valence electrons.